The second kappa shape index (κ2) is 7.25. The van der Waals surface area contributed by atoms with E-state index in [-0.39, 0.29) is 0 Å². The lowest BCUT2D eigenvalue weighted by molar-refractivity contribution is 0.0695. The summed E-state index contributed by atoms with van der Waals surface area (Å²) < 4.78 is 0. The average molecular weight is 304 g/mol. The van der Waals surface area contributed by atoms with Crippen LogP contribution in [0.15, 0.2) is 48.5 Å². The first-order valence-corrected chi connectivity index (χ1v) is 7.19. The van der Waals surface area contributed by atoms with E-state index in [0.717, 1.165) is 29.2 Å². The zero-order valence-corrected chi connectivity index (χ0v) is 12.7. The highest BCUT2D eigenvalue weighted by molar-refractivity contribution is 6.31. The summed E-state index contributed by atoms with van der Waals surface area (Å²) in [6.45, 7) is 1.52. The molecule has 0 spiro atoms. The summed E-state index contributed by atoms with van der Waals surface area (Å²) in [5, 5.41) is 9.93. The lowest BCUT2D eigenvalue weighted by Gasteiger charge is -2.18. The van der Waals surface area contributed by atoms with Gasteiger partial charge in [-0.1, -0.05) is 48.0 Å². The maximum absolute atomic E-state index is 11.2. The van der Waals surface area contributed by atoms with Crippen LogP contribution in [-0.2, 0) is 13.0 Å². The quantitative estimate of drug-likeness (QED) is 0.884. The Labute approximate surface area is 129 Å². The van der Waals surface area contributed by atoms with Gasteiger partial charge in [-0.15, -0.1) is 0 Å². The van der Waals surface area contributed by atoms with Gasteiger partial charge in [0.05, 0.1) is 5.56 Å². The highest BCUT2D eigenvalue weighted by Crippen LogP contribution is 2.17. The largest absolute Gasteiger partial charge is 0.478 e. The van der Waals surface area contributed by atoms with Crippen LogP contribution in [0.2, 0.25) is 5.02 Å². The molecule has 0 radical (unpaired) electrons. The third-order valence-electron chi connectivity index (χ3n) is 3.41. The van der Waals surface area contributed by atoms with Gasteiger partial charge in [-0.05, 0) is 36.7 Å². The lowest BCUT2D eigenvalue weighted by Crippen LogP contribution is -2.21. The summed E-state index contributed by atoms with van der Waals surface area (Å²) in [6, 6.07) is 14.9. The lowest BCUT2D eigenvalue weighted by atomic mass is 10.0. The average Bonchev–Trinajstić information content (AvgIpc) is 2.48. The Balaban J connectivity index is 1.97. The molecule has 4 heteroatoms. The molecule has 0 unspecified atom stereocenters. The normalized spacial score (nSPS) is 10.8. The van der Waals surface area contributed by atoms with Gasteiger partial charge in [0.25, 0.3) is 0 Å². The molecular weight excluding hydrogens is 286 g/mol. The summed E-state index contributed by atoms with van der Waals surface area (Å²) >= 11 is 6.15. The molecule has 1 N–H and O–H groups in total. The molecule has 110 valence electrons. The molecule has 2 aromatic rings. The minimum absolute atomic E-state index is 0.378. The van der Waals surface area contributed by atoms with E-state index in [4.69, 9.17) is 11.6 Å². The summed E-state index contributed by atoms with van der Waals surface area (Å²) in [5.41, 5.74) is 2.31. The van der Waals surface area contributed by atoms with Crippen LogP contribution in [0.1, 0.15) is 21.5 Å². The Morgan fingerprint density at radius 3 is 2.38 bits per heavy atom. The highest BCUT2D eigenvalue weighted by Gasteiger charge is 2.10. The Hall–Kier alpha value is -1.84. The van der Waals surface area contributed by atoms with Gasteiger partial charge < -0.3 is 10.0 Å². The first-order valence-electron chi connectivity index (χ1n) is 6.81. The van der Waals surface area contributed by atoms with E-state index in [2.05, 4.69) is 4.90 Å². The van der Waals surface area contributed by atoms with Gasteiger partial charge >= 0.3 is 5.97 Å². The number of hydrogen-bond acceptors (Lipinski definition) is 2. The number of hydrogen-bond donors (Lipinski definition) is 1. The number of halogens is 1. The SMILES string of the molecule is CN(CCc1ccccc1C(=O)O)Cc1ccccc1Cl. The van der Waals surface area contributed by atoms with Crippen molar-refractivity contribution >= 4 is 17.6 Å². The molecule has 21 heavy (non-hydrogen) atoms. The van der Waals surface area contributed by atoms with E-state index in [1.165, 1.54) is 0 Å². The van der Waals surface area contributed by atoms with Gasteiger partial charge in [0.15, 0.2) is 0 Å². The number of rotatable bonds is 6. The van der Waals surface area contributed by atoms with E-state index in [9.17, 15) is 9.90 Å². The molecule has 0 aliphatic rings. The van der Waals surface area contributed by atoms with Crippen molar-refractivity contribution in [1.29, 1.82) is 0 Å². The number of aromatic carboxylic acids is 1. The van der Waals surface area contributed by atoms with Crippen LogP contribution in [0.4, 0.5) is 0 Å². The van der Waals surface area contributed by atoms with E-state index < -0.39 is 5.97 Å². The molecule has 2 rings (SSSR count). The van der Waals surface area contributed by atoms with Crippen molar-refractivity contribution in [3.05, 3.63) is 70.2 Å². The molecule has 2 aromatic carbocycles. The number of carboxylic acids is 1. The Bertz CT molecular complexity index is 628. The standard InChI is InChI=1S/C17H18ClNO2/c1-19(12-14-7-3-5-9-16(14)18)11-10-13-6-2-4-8-15(13)17(20)21/h2-9H,10-12H2,1H3,(H,20,21). The fourth-order valence-electron chi connectivity index (χ4n) is 2.25. The summed E-state index contributed by atoms with van der Waals surface area (Å²) in [6.07, 6.45) is 0.698. The topological polar surface area (TPSA) is 40.5 Å². The first-order chi connectivity index (χ1) is 10.1. The van der Waals surface area contributed by atoms with Gasteiger partial charge in [-0.2, -0.15) is 0 Å². The maximum Gasteiger partial charge on any atom is 0.335 e. The van der Waals surface area contributed by atoms with Crippen molar-refractivity contribution in [2.45, 2.75) is 13.0 Å². The molecule has 0 fully saturated rings. The van der Waals surface area contributed by atoms with Crippen LogP contribution in [0.5, 0.6) is 0 Å². The molecule has 0 heterocycles. The summed E-state index contributed by atoms with van der Waals surface area (Å²) in [4.78, 5) is 13.3. The molecule has 0 aromatic heterocycles. The van der Waals surface area contributed by atoms with Crippen LogP contribution < -0.4 is 0 Å². The van der Waals surface area contributed by atoms with Gasteiger partial charge in [0.2, 0.25) is 0 Å². The van der Waals surface area contributed by atoms with Crippen molar-refractivity contribution in [3.8, 4) is 0 Å². The van der Waals surface area contributed by atoms with Crippen LogP contribution in [0, 0.1) is 0 Å². The molecule has 3 nitrogen and oxygen atoms in total. The highest BCUT2D eigenvalue weighted by atomic mass is 35.5. The van der Waals surface area contributed by atoms with Gasteiger partial charge in [0.1, 0.15) is 0 Å². The van der Waals surface area contributed by atoms with Crippen LogP contribution >= 0.6 is 11.6 Å². The third kappa shape index (κ3) is 4.31. The van der Waals surface area contributed by atoms with Gasteiger partial charge in [-0.25, -0.2) is 4.79 Å². The van der Waals surface area contributed by atoms with E-state index >= 15 is 0 Å². The van der Waals surface area contributed by atoms with Crippen molar-refractivity contribution in [3.63, 3.8) is 0 Å². The van der Waals surface area contributed by atoms with Crippen molar-refractivity contribution in [2.75, 3.05) is 13.6 Å². The monoisotopic (exact) mass is 303 g/mol. The number of nitrogens with zero attached hydrogens (tertiary/aromatic N) is 1. The molecule has 0 aliphatic heterocycles. The number of carbonyl (C=O) groups is 1. The number of carboxylic acid groups (broad SMARTS) is 1. The second-order valence-electron chi connectivity index (χ2n) is 5.04. The number of benzene rings is 2. The van der Waals surface area contributed by atoms with Gasteiger partial charge in [0, 0.05) is 18.1 Å². The summed E-state index contributed by atoms with van der Waals surface area (Å²) in [7, 11) is 2.01. The van der Waals surface area contributed by atoms with Crippen molar-refractivity contribution < 1.29 is 9.90 Å². The van der Waals surface area contributed by atoms with E-state index in [0.29, 0.717) is 12.0 Å². The Kier molecular flexibility index (Phi) is 5.37. The van der Waals surface area contributed by atoms with Crippen LogP contribution in [-0.4, -0.2) is 29.6 Å². The first kappa shape index (κ1) is 15.5. The molecule has 0 amide bonds. The molecule has 0 aliphatic carbocycles. The van der Waals surface area contributed by atoms with Gasteiger partial charge in [-0.3, -0.25) is 0 Å². The van der Waals surface area contributed by atoms with E-state index in [1.54, 1.807) is 12.1 Å². The predicted octanol–water partition coefficient (Wildman–Crippen LogP) is 3.71. The number of likely N-dealkylation sites (N-methyl/N-ethyl adjacent to an activating group) is 1. The zero-order valence-electron chi connectivity index (χ0n) is 11.9. The fourth-order valence-corrected chi connectivity index (χ4v) is 2.45. The smallest absolute Gasteiger partial charge is 0.335 e. The fraction of sp³-hybridized carbons (Fsp3) is 0.235. The Morgan fingerprint density at radius 1 is 1.10 bits per heavy atom. The molecule has 0 saturated carbocycles. The van der Waals surface area contributed by atoms with E-state index in [1.807, 2.05) is 43.4 Å². The van der Waals surface area contributed by atoms with Crippen molar-refractivity contribution in [2.24, 2.45) is 0 Å². The molecular formula is C17H18ClNO2. The molecule has 0 saturated heterocycles. The third-order valence-corrected chi connectivity index (χ3v) is 3.78. The predicted molar refractivity (Wildman–Crippen MR) is 84.9 cm³/mol. The van der Waals surface area contributed by atoms with Crippen molar-refractivity contribution in [1.82, 2.24) is 4.90 Å². The minimum Gasteiger partial charge on any atom is -0.478 e. The maximum atomic E-state index is 11.2. The second-order valence-corrected chi connectivity index (χ2v) is 5.45. The Morgan fingerprint density at radius 2 is 1.71 bits per heavy atom. The minimum atomic E-state index is -0.876. The molecule has 0 atom stereocenters. The zero-order chi connectivity index (χ0) is 15.2. The molecule has 0 bridgehead atoms. The van der Waals surface area contributed by atoms with Crippen LogP contribution in [0.25, 0.3) is 0 Å². The van der Waals surface area contributed by atoms with Crippen LogP contribution in [0.3, 0.4) is 0 Å². The summed E-state index contributed by atoms with van der Waals surface area (Å²) in [5.74, 6) is -0.876.